The smallest absolute Gasteiger partial charge is 0.193 e. The minimum Gasteiger partial charge on any atom is -0.193 e. The normalized spacial score (nSPS) is 11.6. The third-order valence-corrected chi connectivity index (χ3v) is 11.0. The largest absolute Gasteiger partial charge is 0.255 e. The average Bonchev–Trinajstić information content (AvgIpc) is 3.64. The summed E-state index contributed by atoms with van der Waals surface area (Å²) >= 11 is 0. The van der Waals surface area contributed by atoms with Crippen LogP contribution in [0.15, 0.2) is 188 Å². The summed E-state index contributed by atoms with van der Waals surface area (Å²) in [7, 11) is 0. The van der Waals surface area contributed by atoms with Crippen LogP contribution in [-0.4, -0.2) is 4.57 Å². The third-order valence-electron chi connectivity index (χ3n) is 11.0. The molecule has 0 N–H and O–H groups in total. The lowest BCUT2D eigenvalue weighted by atomic mass is 9.94. The molecule has 0 saturated heterocycles. The molecule has 9 aromatic rings. The minimum absolute atomic E-state index is 0.364. The second kappa shape index (κ2) is 14.4. The highest BCUT2D eigenvalue weighted by atomic mass is 15.2. The zero-order chi connectivity index (χ0) is 37.5. The van der Waals surface area contributed by atoms with Gasteiger partial charge in [-0.05, 0) is 92.0 Å². The molecule has 0 amide bonds. The van der Waals surface area contributed by atoms with Crippen LogP contribution in [0.4, 0.5) is 0 Å². The van der Waals surface area contributed by atoms with Crippen molar-refractivity contribution in [1.29, 1.82) is 0 Å². The molecule has 0 aliphatic carbocycles. The molecule has 0 saturated carbocycles. The first-order valence-corrected chi connectivity index (χ1v) is 19.5. The Kier molecular flexibility index (Phi) is 8.96. The van der Waals surface area contributed by atoms with Crippen LogP contribution in [0.3, 0.4) is 0 Å². The SMILES string of the molecule is CC(C)c1ccc(-c2ccc3ccccc3c2)c(-n2c[n+](-c3cc(C(C)C)ccc3-c3ccc4ccccc4c3)c(-c3ccccc3)c2-c2ccccc2)c1. The first kappa shape index (κ1) is 34.3. The zero-order valence-corrected chi connectivity index (χ0v) is 31.9. The first-order valence-electron chi connectivity index (χ1n) is 19.5. The predicted molar refractivity (Wildman–Crippen MR) is 232 cm³/mol. The van der Waals surface area contributed by atoms with Gasteiger partial charge in [0.1, 0.15) is 11.4 Å². The molecule has 2 nitrogen and oxygen atoms in total. The van der Waals surface area contributed by atoms with Crippen LogP contribution in [0.1, 0.15) is 50.7 Å². The molecule has 0 unspecified atom stereocenters. The molecule has 0 radical (unpaired) electrons. The van der Waals surface area contributed by atoms with Gasteiger partial charge < -0.3 is 0 Å². The van der Waals surface area contributed by atoms with Crippen molar-refractivity contribution in [2.75, 3.05) is 0 Å². The van der Waals surface area contributed by atoms with E-state index in [-0.39, 0.29) is 0 Å². The van der Waals surface area contributed by atoms with E-state index in [1.807, 2.05) is 0 Å². The molecule has 1 heterocycles. The maximum atomic E-state index is 2.46. The number of fused-ring (bicyclic) bond motifs is 2. The van der Waals surface area contributed by atoms with Crippen LogP contribution in [-0.2, 0) is 0 Å². The van der Waals surface area contributed by atoms with E-state index in [2.05, 4.69) is 225 Å². The van der Waals surface area contributed by atoms with E-state index in [4.69, 9.17) is 0 Å². The molecular formula is C53H45N2+. The van der Waals surface area contributed by atoms with Gasteiger partial charge >= 0.3 is 0 Å². The molecular weight excluding hydrogens is 665 g/mol. The van der Waals surface area contributed by atoms with Crippen molar-refractivity contribution in [1.82, 2.24) is 4.57 Å². The maximum Gasteiger partial charge on any atom is 0.255 e. The Morgan fingerprint density at radius 1 is 0.400 bits per heavy atom. The van der Waals surface area contributed by atoms with Gasteiger partial charge in [-0.15, -0.1) is 0 Å². The number of hydrogen-bond acceptors (Lipinski definition) is 0. The zero-order valence-electron chi connectivity index (χ0n) is 31.9. The van der Waals surface area contributed by atoms with Gasteiger partial charge in [-0.1, -0.05) is 173 Å². The highest BCUT2D eigenvalue weighted by Crippen LogP contribution is 2.40. The molecule has 266 valence electrons. The summed E-state index contributed by atoms with van der Waals surface area (Å²) in [6.45, 7) is 9.13. The molecule has 0 bridgehead atoms. The Bertz CT molecular complexity index is 2610. The van der Waals surface area contributed by atoms with Gasteiger partial charge in [0, 0.05) is 22.3 Å². The van der Waals surface area contributed by atoms with Crippen LogP contribution in [0.25, 0.3) is 77.7 Å². The molecule has 55 heavy (non-hydrogen) atoms. The summed E-state index contributed by atoms with van der Waals surface area (Å²) in [5, 5.41) is 4.96. The van der Waals surface area contributed by atoms with Gasteiger partial charge in [0.05, 0.1) is 0 Å². The highest BCUT2D eigenvalue weighted by molar-refractivity contribution is 5.91. The molecule has 0 spiro atoms. The lowest BCUT2D eigenvalue weighted by Gasteiger charge is -2.14. The van der Waals surface area contributed by atoms with Gasteiger partial charge in [-0.2, -0.15) is 9.13 Å². The third kappa shape index (κ3) is 6.44. The van der Waals surface area contributed by atoms with Gasteiger partial charge in [-0.3, -0.25) is 0 Å². The second-order valence-electron chi connectivity index (χ2n) is 15.3. The Balaban J connectivity index is 1.40. The van der Waals surface area contributed by atoms with E-state index in [1.54, 1.807) is 0 Å². The van der Waals surface area contributed by atoms with E-state index >= 15 is 0 Å². The van der Waals surface area contributed by atoms with Crippen molar-refractivity contribution in [2.45, 2.75) is 39.5 Å². The van der Waals surface area contributed by atoms with Crippen LogP contribution < -0.4 is 4.57 Å². The Morgan fingerprint density at radius 3 is 1.47 bits per heavy atom. The van der Waals surface area contributed by atoms with E-state index in [0.29, 0.717) is 11.8 Å². The highest BCUT2D eigenvalue weighted by Gasteiger charge is 2.32. The number of aromatic nitrogens is 2. The molecule has 0 fully saturated rings. The number of imidazole rings is 1. The van der Waals surface area contributed by atoms with Crippen LogP contribution in [0, 0.1) is 0 Å². The summed E-state index contributed by atoms with van der Waals surface area (Å²) in [5.41, 5.74) is 14.3. The first-order chi connectivity index (χ1) is 26.9. The molecule has 0 atom stereocenters. The lowest BCUT2D eigenvalue weighted by Crippen LogP contribution is -2.32. The summed E-state index contributed by atoms with van der Waals surface area (Å²) in [6, 6.07) is 66.9. The second-order valence-corrected chi connectivity index (χ2v) is 15.3. The topological polar surface area (TPSA) is 8.81 Å². The fourth-order valence-electron chi connectivity index (χ4n) is 7.98. The van der Waals surface area contributed by atoms with Gasteiger partial charge in [0.2, 0.25) is 0 Å². The standard InChI is InChI=1S/C53H45N2/c1-36(2)42-27-29-48(46-25-23-38-15-11-13-21-44(38)31-46)50(33-42)54-35-55(53(41-19-9-6-10-20-41)52(54)40-17-7-5-8-18-40)51-34-43(37(3)4)28-30-49(51)47-26-24-39-16-12-14-22-45(39)32-47/h5-37H,1-4H3/q+1. The summed E-state index contributed by atoms with van der Waals surface area (Å²) in [5.74, 6) is 0.728. The summed E-state index contributed by atoms with van der Waals surface area (Å²) in [4.78, 5) is 0. The summed E-state index contributed by atoms with van der Waals surface area (Å²) in [6.07, 6.45) is 2.35. The Labute approximate surface area is 324 Å². The molecule has 9 rings (SSSR count). The van der Waals surface area contributed by atoms with E-state index in [9.17, 15) is 0 Å². The molecule has 1 aromatic heterocycles. The fraction of sp³-hybridized carbons (Fsp3) is 0.113. The van der Waals surface area contributed by atoms with E-state index < -0.39 is 0 Å². The van der Waals surface area contributed by atoms with Crippen molar-refractivity contribution < 1.29 is 4.57 Å². The average molecular weight is 710 g/mol. The van der Waals surface area contributed by atoms with Crippen molar-refractivity contribution >= 4 is 21.5 Å². The number of hydrogen-bond donors (Lipinski definition) is 0. The quantitative estimate of drug-likeness (QED) is 0.139. The lowest BCUT2D eigenvalue weighted by molar-refractivity contribution is -0.582. The molecule has 0 aliphatic heterocycles. The molecule has 0 aliphatic rings. The van der Waals surface area contributed by atoms with Crippen molar-refractivity contribution in [3.8, 4) is 56.1 Å². The Hall–Kier alpha value is -6.51. The van der Waals surface area contributed by atoms with E-state index in [1.165, 1.54) is 54.9 Å². The van der Waals surface area contributed by atoms with Crippen molar-refractivity contribution in [3.05, 3.63) is 199 Å². The van der Waals surface area contributed by atoms with Crippen molar-refractivity contribution in [3.63, 3.8) is 0 Å². The maximum absolute atomic E-state index is 2.46. The number of rotatable bonds is 8. The summed E-state index contributed by atoms with van der Waals surface area (Å²) < 4.78 is 4.92. The number of nitrogens with zero attached hydrogens (tertiary/aromatic N) is 2. The predicted octanol–water partition coefficient (Wildman–Crippen LogP) is 14.0. The van der Waals surface area contributed by atoms with Crippen LogP contribution >= 0.6 is 0 Å². The van der Waals surface area contributed by atoms with Gasteiger partial charge in [0.15, 0.2) is 11.4 Å². The number of benzene rings is 8. The van der Waals surface area contributed by atoms with Gasteiger partial charge in [0.25, 0.3) is 6.33 Å². The Morgan fingerprint density at radius 2 is 0.891 bits per heavy atom. The fourth-order valence-corrected chi connectivity index (χ4v) is 7.98. The monoisotopic (exact) mass is 709 g/mol. The van der Waals surface area contributed by atoms with Gasteiger partial charge in [-0.25, -0.2) is 0 Å². The minimum atomic E-state index is 0.364. The van der Waals surface area contributed by atoms with E-state index in [0.717, 1.165) is 33.9 Å². The van der Waals surface area contributed by atoms with Crippen molar-refractivity contribution in [2.24, 2.45) is 0 Å². The molecule has 8 aromatic carbocycles. The van der Waals surface area contributed by atoms with Crippen LogP contribution in [0.5, 0.6) is 0 Å². The van der Waals surface area contributed by atoms with Crippen LogP contribution in [0.2, 0.25) is 0 Å². The molecule has 2 heteroatoms.